The van der Waals surface area contributed by atoms with E-state index < -0.39 is 0 Å². The summed E-state index contributed by atoms with van der Waals surface area (Å²) in [6.45, 7) is 9.08. The van der Waals surface area contributed by atoms with E-state index in [-0.39, 0.29) is 0 Å². The predicted molar refractivity (Wildman–Crippen MR) is 61.0 cm³/mol. The SMILES string of the molecule is C=C(CBr)C1CCC2CC1C2(C)C. The summed E-state index contributed by atoms with van der Waals surface area (Å²) in [6.07, 6.45) is 4.28. The van der Waals surface area contributed by atoms with Gasteiger partial charge in [0.05, 0.1) is 0 Å². The molecule has 0 radical (unpaired) electrons. The molecule has 3 atom stereocenters. The highest BCUT2D eigenvalue weighted by Gasteiger charge is 2.54. The second-order valence-electron chi connectivity index (χ2n) is 5.34. The number of allylic oxidation sites excluding steroid dienone is 1. The average Bonchev–Trinajstić information content (AvgIpc) is 2.16. The first kappa shape index (κ1) is 9.76. The molecule has 0 spiro atoms. The highest BCUT2D eigenvalue weighted by molar-refractivity contribution is 9.09. The van der Waals surface area contributed by atoms with Crippen LogP contribution >= 0.6 is 15.9 Å². The van der Waals surface area contributed by atoms with Crippen LogP contribution in [0.1, 0.15) is 33.1 Å². The fourth-order valence-corrected chi connectivity index (χ4v) is 3.81. The molecule has 0 aromatic carbocycles. The van der Waals surface area contributed by atoms with Crippen molar-refractivity contribution in [2.24, 2.45) is 23.2 Å². The molecule has 74 valence electrons. The van der Waals surface area contributed by atoms with Crippen molar-refractivity contribution in [3.8, 4) is 0 Å². The standard InChI is InChI=1S/C12H19Br/c1-8(7-13)10-5-4-9-6-11(10)12(9,2)3/h9-11H,1,4-7H2,2-3H3. The Kier molecular flexibility index (Phi) is 2.34. The van der Waals surface area contributed by atoms with Crippen LogP contribution in [-0.2, 0) is 0 Å². The van der Waals surface area contributed by atoms with Crippen molar-refractivity contribution >= 4 is 15.9 Å². The lowest BCUT2D eigenvalue weighted by Gasteiger charge is -2.60. The Balaban J connectivity index is 2.11. The minimum Gasteiger partial charge on any atom is -0.0987 e. The summed E-state index contributed by atoms with van der Waals surface area (Å²) < 4.78 is 0. The van der Waals surface area contributed by atoms with Crippen LogP contribution in [0.2, 0.25) is 0 Å². The molecule has 0 aliphatic heterocycles. The maximum absolute atomic E-state index is 4.19. The van der Waals surface area contributed by atoms with Gasteiger partial charge >= 0.3 is 0 Å². The quantitative estimate of drug-likeness (QED) is 0.507. The van der Waals surface area contributed by atoms with Crippen LogP contribution in [0.3, 0.4) is 0 Å². The van der Waals surface area contributed by atoms with Crippen LogP contribution in [0.5, 0.6) is 0 Å². The van der Waals surface area contributed by atoms with Gasteiger partial charge in [-0.05, 0) is 42.4 Å². The monoisotopic (exact) mass is 242 g/mol. The summed E-state index contributed by atoms with van der Waals surface area (Å²) >= 11 is 3.53. The second kappa shape index (κ2) is 3.12. The Bertz CT molecular complexity index is 227. The first-order valence-electron chi connectivity index (χ1n) is 5.31. The van der Waals surface area contributed by atoms with E-state index in [0.29, 0.717) is 5.41 Å². The van der Waals surface area contributed by atoms with Gasteiger partial charge in [-0.1, -0.05) is 41.9 Å². The van der Waals surface area contributed by atoms with E-state index in [4.69, 9.17) is 0 Å². The number of hydrogen-bond acceptors (Lipinski definition) is 0. The minimum absolute atomic E-state index is 0.605. The number of hydrogen-bond donors (Lipinski definition) is 0. The van der Waals surface area contributed by atoms with Crippen LogP contribution in [0.25, 0.3) is 0 Å². The lowest BCUT2D eigenvalue weighted by molar-refractivity contribution is -0.0932. The molecule has 0 N–H and O–H groups in total. The smallest absolute Gasteiger partial charge is 0.0242 e. The Morgan fingerprint density at radius 3 is 2.62 bits per heavy atom. The van der Waals surface area contributed by atoms with Crippen molar-refractivity contribution in [3.05, 3.63) is 12.2 Å². The molecule has 0 heterocycles. The van der Waals surface area contributed by atoms with Crippen molar-refractivity contribution in [2.45, 2.75) is 33.1 Å². The van der Waals surface area contributed by atoms with Crippen molar-refractivity contribution in [1.82, 2.24) is 0 Å². The first-order valence-corrected chi connectivity index (χ1v) is 6.43. The number of halogens is 1. The van der Waals surface area contributed by atoms with Crippen molar-refractivity contribution in [1.29, 1.82) is 0 Å². The van der Waals surface area contributed by atoms with Crippen molar-refractivity contribution in [2.75, 3.05) is 5.33 Å². The number of alkyl halides is 1. The van der Waals surface area contributed by atoms with E-state index in [0.717, 1.165) is 23.1 Å². The normalized spacial score (nSPS) is 41.0. The lowest BCUT2D eigenvalue weighted by atomic mass is 9.45. The van der Waals surface area contributed by atoms with Gasteiger partial charge in [0, 0.05) is 5.33 Å². The van der Waals surface area contributed by atoms with Crippen LogP contribution in [0, 0.1) is 23.2 Å². The molecule has 0 amide bonds. The van der Waals surface area contributed by atoms with Gasteiger partial charge in [-0.2, -0.15) is 0 Å². The van der Waals surface area contributed by atoms with Gasteiger partial charge in [0.25, 0.3) is 0 Å². The van der Waals surface area contributed by atoms with E-state index in [1.165, 1.54) is 24.8 Å². The highest BCUT2D eigenvalue weighted by Crippen LogP contribution is 2.62. The van der Waals surface area contributed by atoms with E-state index in [2.05, 4.69) is 36.4 Å². The zero-order chi connectivity index (χ0) is 9.64. The summed E-state index contributed by atoms with van der Waals surface area (Å²) in [4.78, 5) is 0. The molecule has 0 saturated heterocycles. The van der Waals surface area contributed by atoms with Crippen LogP contribution in [0.4, 0.5) is 0 Å². The highest BCUT2D eigenvalue weighted by atomic mass is 79.9. The predicted octanol–water partition coefficient (Wildman–Crippen LogP) is 4.01. The van der Waals surface area contributed by atoms with Gasteiger partial charge in [0.15, 0.2) is 0 Å². The van der Waals surface area contributed by atoms with E-state index >= 15 is 0 Å². The van der Waals surface area contributed by atoms with Gasteiger partial charge in [-0.25, -0.2) is 0 Å². The molecular weight excluding hydrogens is 224 g/mol. The molecule has 0 nitrogen and oxygen atoms in total. The summed E-state index contributed by atoms with van der Waals surface area (Å²) in [6, 6.07) is 0. The molecule has 1 heteroatoms. The third-order valence-electron chi connectivity index (χ3n) is 4.55. The van der Waals surface area contributed by atoms with Gasteiger partial charge < -0.3 is 0 Å². The number of fused-ring (bicyclic) bond motifs is 2. The average molecular weight is 243 g/mol. The van der Waals surface area contributed by atoms with Crippen LogP contribution in [-0.4, -0.2) is 5.33 Å². The Labute approximate surface area is 89.9 Å². The third kappa shape index (κ3) is 1.31. The van der Waals surface area contributed by atoms with Gasteiger partial charge in [0.1, 0.15) is 0 Å². The molecule has 3 unspecified atom stereocenters. The molecule has 3 aliphatic carbocycles. The van der Waals surface area contributed by atoms with E-state index in [9.17, 15) is 0 Å². The zero-order valence-corrected chi connectivity index (χ0v) is 10.2. The van der Waals surface area contributed by atoms with Gasteiger partial charge in [-0.3, -0.25) is 0 Å². The van der Waals surface area contributed by atoms with Crippen LogP contribution < -0.4 is 0 Å². The minimum atomic E-state index is 0.605. The molecule has 3 aliphatic rings. The summed E-state index contributed by atoms with van der Waals surface area (Å²) in [5, 5.41) is 0.995. The topological polar surface area (TPSA) is 0 Å². The van der Waals surface area contributed by atoms with E-state index in [1.54, 1.807) is 0 Å². The molecule has 3 rings (SSSR count). The van der Waals surface area contributed by atoms with Gasteiger partial charge in [-0.15, -0.1) is 0 Å². The Morgan fingerprint density at radius 2 is 2.15 bits per heavy atom. The van der Waals surface area contributed by atoms with Gasteiger partial charge in [0.2, 0.25) is 0 Å². The molecule has 0 aromatic rings. The molecule has 3 saturated carbocycles. The zero-order valence-electron chi connectivity index (χ0n) is 8.65. The number of rotatable bonds is 2. The molecule has 0 aromatic heterocycles. The summed E-state index contributed by atoms with van der Waals surface area (Å²) in [7, 11) is 0. The second-order valence-corrected chi connectivity index (χ2v) is 5.90. The van der Waals surface area contributed by atoms with Crippen LogP contribution in [0.15, 0.2) is 12.2 Å². The Hall–Kier alpha value is 0.220. The summed E-state index contributed by atoms with van der Waals surface area (Å²) in [5.41, 5.74) is 2.03. The summed E-state index contributed by atoms with van der Waals surface area (Å²) in [5.74, 6) is 2.74. The van der Waals surface area contributed by atoms with Crippen molar-refractivity contribution < 1.29 is 0 Å². The lowest BCUT2D eigenvalue weighted by Crippen LogP contribution is -2.52. The maximum atomic E-state index is 4.19. The fourth-order valence-electron chi connectivity index (χ4n) is 3.40. The molecule has 3 fully saturated rings. The molecule has 13 heavy (non-hydrogen) atoms. The van der Waals surface area contributed by atoms with Crippen molar-refractivity contribution in [3.63, 3.8) is 0 Å². The first-order chi connectivity index (χ1) is 6.07. The van der Waals surface area contributed by atoms with E-state index in [1.807, 2.05) is 0 Å². The maximum Gasteiger partial charge on any atom is 0.0242 e. The molecular formula is C12H19Br. The molecule has 2 bridgehead atoms. The largest absolute Gasteiger partial charge is 0.0987 e. The third-order valence-corrected chi connectivity index (χ3v) is 5.27. The fraction of sp³-hybridized carbons (Fsp3) is 0.833. The Morgan fingerprint density at radius 1 is 1.46 bits per heavy atom.